The molecule has 0 bridgehead atoms. The van der Waals surface area contributed by atoms with E-state index in [-0.39, 0.29) is 0 Å². The van der Waals surface area contributed by atoms with Gasteiger partial charge >= 0.3 is 0 Å². The summed E-state index contributed by atoms with van der Waals surface area (Å²) < 4.78 is 1.94. The summed E-state index contributed by atoms with van der Waals surface area (Å²) >= 11 is 0. The molecule has 1 aromatic heterocycles. The van der Waals surface area contributed by atoms with Gasteiger partial charge in [-0.05, 0) is 12.8 Å². The van der Waals surface area contributed by atoms with E-state index in [0.29, 0.717) is 6.04 Å². The molecule has 1 atom stereocenters. The maximum atomic E-state index is 3.80. The minimum atomic E-state index is 0.292. The van der Waals surface area contributed by atoms with Crippen molar-refractivity contribution in [1.29, 1.82) is 0 Å². The Morgan fingerprint density at radius 2 is 1.93 bits per heavy atom. The number of aromatic nitrogens is 1. The van der Waals surface area contributed by atoms with Gasteiger partial charge in [0.1, 0.15) is 0 Å². The van der Waals surface area contributed by atoms with Crippen LogP contribution >= 0.6 is 0 Å². The maximum absolute atomic E-state index is 3.80. The molecular weight excluding hydrogens is 172 g/mol. The molecule has 0 radical (unpaired) electrons. The van der Waals surface area contributed by atoms with E-state index in [4.69, 9.17) is 0 Å². The van der Waals surface area contributed by atoms with Crippen LogP contribution < -0.4 is 10.1 Å². The third kappa shape index (κ3) is 3.44. The van der Waals surface area contributed by atoms with Crippen LogP contribution in [0.2, 0.25) is 0 Å². The molecule has 1 unspecified atom stereocenters. The zero-order valence-electron chi connectivity index (χ0n) is 8.39. The summed E-state index contributed by atoms with van der Waals surface area (Å²) in [5.74, 6) is 0. The Morgan fingerprint density at radius 3 is 2.50 bits per heavy atom. The van der Waals surface area contributed by atoms with Gasteiger partial charge in [0.05, 0.1) is 6.04 Å². The Hall–Kier alpha value is -1.57. The van der Waals surface area contributed by atoms with Crippen molar-refractivity contribution >= 4 is 0 Å². The molecule has 0 aromatic carbocycles. The molecule has 0 spiro atoms. The lowest BCUT2D eigenvalue weighted by molar-refractivity contribution is -0.652. The number of nitrogens with zero attached hydrogens (tertiary/aromatic N) is 1. The topological polar surface area (TPSA) is 15.9 Å². The molecule has 0 amide bonds. The Balaban J connectivity index is 2.48. The summed E-state index contributed by atoms with van der Waals surface area (Å²) in [6.07, 6.45) is 9.82. The van der Waals surface area contributed by atoms with Crippen molar-refractivity contribution in [3.63, 3.8) is 0 Å². The number of allylic oxidation sites excluding steroid dienone is 1. The highest BCUT2D eigenvalue weighted by molar-refractivity contribution is 4.92. The molecule has 14 heavy (non-hydrogen) atoms. The van der Waals surface area contributed by atoms with Gasteiger partial charge in [-0.1, -0.05) is 22.9 Å². The first-order valence-electron chi connectivity index (χ1n) is 4.83. The first-order chi connectivity index (χ1) is 6.86. The van der Waals surface area contributed by atoms with Crippen molar-refractivity contribution in [3.05, 3.63) is 55.9 Å². The van der Waals surface area contributed by atoms with Crippen molar-refractivity contribution in [2.24, 2.45) is 0 Å². The van der Waals surface area contributed by atoms with Crippen LogP contribution in [0.25, 0.3) is 0 Å². The standard InChI is InChI=1S/C12H17N2/c1-3-5-9-12(4-2)13-14-10-7-6-8-11-14/h3-4,6-8,10-13H,1-2,5,9H2/q+1. The van der Waals surface area contributed by atoms with Gasteiger partial charge in [0.25, 0.3) is 0 Å². The van der Waals surface area contributed by atoms with Gasteiger partial charge in [-0.25, -0.2) is 0 Å². The minimum Gasteiger partial charge on any atom is -0.186 e. The molecular formula is C12H17N2+. The number of rotatable bonds is 6. The normalized spacial score (nSPS) is 11.7. The fourth-order valence-electron chi connectivity index (χ4n) is 1.21. The van der Waals surface area contributed by atoms with Crippen LogP contribution in [0.1, 0.15) is 12.8 Å². The lowest BCUT2D eigenvalue weighted by Crippen LogP contribution is -2.48. The molecule has 0 aliphatic carbocycles. The van der Waals surface area contributed by atoms with Crippen molar-refractivity contribution in [1.82, 2.24) is 0 Å². The lowest BCUT2D eigenvalue weighted by atomic mass is 10.1. The van der Waals surface area contributed by atoms with Crippen LogP contribution in [0.5, 0.6) is 0 Å². The Kier molecular flexibility index (Phi) is 4.48. The molecule has 0 saturated carbocycles. The molecule has 1 rings (SSSR count). The summed E-state index contributed by atoms with van der Waals surface area (Å²) in [6.45, 7) is 7.51. The average molecular weight is 189 g/mol. The Morgan fingerprint density at radius 1 is 1.21 bits per heavy atom. The number of hydrogen-bond donors (Lipinski definition) is 1. The highest BCUT2D eigenvalue weighted by atomic mass is 15.4. The van der Waals surface area contributed by atoms with Gasteiger partial charge in [0.15, 0.2) is 12.4 Å². The van der Waals surface area contributed by atoms with Gasteiger partial charge in [0.2, 0.25) is 0 Å². The zero-order valence-corrected chi connectivity index (χ0v) is 8.39. The third-order valence-electron chi connectivity index (χ3n) is 2.00. The van der Waals surface area contributed by atoms with Crippen LogP contribution in [0.4, 0.5) is 0 Å². The quantitative estimate of drug-likeness (QED) is 0.535. The summed E-state index contributed by atoms with van der Waals surface area (Å²) in [6, 6.07) is 6.26. The van der Waals surface area contributed by atoms with Crippen LogP contribution in [0.3, 0.4) is 0 Å². The predicted octanol–water partition coefficient (Wildman–Crippen LogP) is 2.04. The average Bonchev–Trinajstić information content (AvgIpc) is 2.25. The first kappa shape index (κ1) is 10.5. The highest BCUT2D eigenvalue weighted by Crippen LogP contribution is 1.98. The van der Waals surface area contributed by atoms with Crippen LogP contribution in [-0.4, -0.2) is 6.04 Å². The molecule has 2 nitrogen and oxygen atoms in total. The highest BCUT2D eigenvalue weighted by Gasteiger charge is 2.06. The number of pyridine rings is 1. The minimum absolute atomic E-state index is 0.292. The fourth-order valence-corrected chi connectivity index (χ4v) is 1.21. The van der Waals surface area contributed by atoms with E-state index in [1.807, 2.05) is 47.4 Å². The second kappa shape index (κ2) is 5.97. The van der Waals surface area contributed by atoms with Gasteiger partial charge < -0.3 is 0 Å². The van der Waals surface area contributed by atoms with Crippen molar-refractivity contribution in [3.8, 4) is 0 Å². The van der Waals surface area contributed by atoms with Crippen LogP contribution in [0.15, 0.2) is 55.9 Å². The molecule has 0 saturated heterocycles. The van der Waals surface area contributed by atoms with Gasteiger partial charge in [-0.3, -0.25) is 0 Å². The smallest absolute Gasteiger partial charge is 0.186 e. The van der Waals surface area contributed by atoms with Crippen LogP contribution in [0, 0.1) is 0 Å². The largest absolute Gasteiger partial charge is 0.199 e. The molecule has 1 aromatic rings. The number of hydrogen-bond acceptors (Lipinski definition) is 1. The summed E-state index contributed by atoms with van der Waals surface area (Å²) in [7, 11) is 0. The second-order valence-electron chi connectivity index (χ2n) is 3.12. The van der Waals surface area contributed by atoms with E-state index in [9.17, 15) is 0 Å². The van der Waals surface area contributed by atoms with E-state index < -0.39 is 0 Å². The molecule has 1 N–H and O–H groups in total. The van der Waals surface area contributed by atoms with E-state index >= 15 is 0 Å². The van der Waals surface area contributed by atoms with Gasteiger partial charge in [-0.2, -0.15) is 5.43 Å². The zero-order chi connectivity index (χ0) is 10.2. The molecule has 2 heteroatoms. The summed E-state index contributed by atoms with van der Waals surface area (Å²) in [5.41, 5.74) is 3.31. The second-order valence-corrected chi connectivity index (χ2v) is 3.12. The number of nitrogens with one attached hydrogen (secondary N) is 1. The fraction of sp³-hybridized carbons (Fsp3) is 0.250. The summed E-state index contributed by atoms with van der Waals surface area (Å²) in [5, 5.41) is 0. The Labute approximate surface area is 85.6 Å². The van der Waals surface area contributed by atoms with E-state index in [1.54, 1.807) is 0 Å². The van der Waals surface area contributed by atoms with Crippen molar-refractivity contribution in [2.45, 2.75) is 18.9 Å². The van der Waals surface area contributed by atoms with Crippen LogP contribution in [-0.2, 0) is 0 Å². The van der Waals surface area contributed by atoms with E-state index in [1.165, 1.54) is 0 Å². The molecule has 0 aliphatic heterocycles. The van der Waals surface area contributed by atoms with E-state index in [0.717, 1.165) is 12.8 Å². The summed E-state index contributed by atoms with van der Waals surface area (Å²) in [4.78, 5) is 0. The molecule has 0 fully saturated rings. The molecule has 0 aliphatic rings. The maximum Gasteiger partial charge on any atom is 0.199 e. The molecule has 74 valence electrons. The van der Waals surface area contributed by atoms with Crippen molar-refractivity contribution in [2.75, 3.05) is 5.43 Å². The monoisotopic (exact) mass is 189 g/mol. The van der Waals surface area contributed by atoms with E-state index in [2.05, 4.69) is 18.6 Å². The predicted molar refractivity (Wildman–Crippen MR) is 59.4 cm³/mol. The Bertz CT molecular complexity index is 280. The molecule has 1 heterocycles. The SMILES string of the molecule is C=CCCC(C=C)N[n+]1ccccc1. The first-order valence-corrected chi connectivity index (χ1v) is 4.83. The third-order valence-corrected chi connectivity index (χ3v) is 2.00. The lowest BCUT2D eigenvalue weighted by Gasteiger charge is -2.09. The van der Waals surface area contributed by atoms with Gasteiger partial charge in [-0.15, -0.1) is 13.2 Å². The van der Waals surface area contributed by atoms with Crippen molar-refractivity contribution < 1.29 is 4.68 Å². The van der Waals surface area contributed by atoms with Gasteiger partial charge in [0, 0.05) is 12.1 Å².